The maximum absolute atomic E-state index is 5.62. The highest BCUT2D eigenvalue weighted by atomic mass is 79.9. The molecule has 1 aromatic heterocycles. The molecule has 0 bridgehead atoms. The number of rotatable bonds is 4. The second kappa shape index (κ2) is 7.23. The van der Waals surface area contributed by atoms with E-state index in [1.807, 2.05) is 0 Å². The summed E-state index contributed by atoms with van der Waals surface area (Å²) in [5.41, 5.74) is 5.35. The van der Waals surface area contributed by atoms with Crippen LogP contribution in [0.25, 0.3) is 0 Å². The first-order valence-electron chi connectivity index (χ1n) is 3.86. The minimum Gasteiger partial charge on any atom is -0.369 e. The van der Waals surface area contributed by atoms with E-state index in [2.05, 4.69) is 31.2 Å². The van der Waals surface area contributed by atoms with Crippen LogP contribution < -0.4 is 11.1 Å². The molecular formula is C7H11BrCl2N4. The lowest BCUT2D eigenvalue weighted by Crippen LogP contribution is -2.09. The molecule has 0 spiro atoms. The monoisotopic (exact) mass is 300 g/mol. The molecule has 0 aliphatic carbocycles. The molecule has 0 unspecified atom stereocenters. The van der Waals surface area contributed by atoms with Crippen molar-refractivity contribution in [1.82, 2.24) is 9.97 Å². The lowest BCUT2D eigenvalue weighted by molar-refractivity contribution is 0.868. The van der Waals surface area contributed by atoms with Gasteiger partial charge in [0.05, 0.1) is 4.47 Å². The molecule has 80 valence electrons. The molecule has 0 atom stereocenters. The molecule has 1 aromatic rings. The predicted octanol–water partition coefficient (Wildman–Crippen LogP) is 2.07. The molecule has 0 aliphatic rings. The van der Waals surface area contributed by atoms with E-state index in [1.165, 1.54) is 0 Å². The van der Waals surface area contributed by atoms with Crippen LogP contribution in [-0.4, -0.2) is 23.1 Å². The van der Waals surface area contributed by atoms with Gasteiger partial charge in [0, 0.05) is 12.7 Å². The van der Waals surface area contributed by atoms with Crippen LogP contribution in [0.2, 0.25) is 5.28 Å². The summed E-state index contributed by atoms with van der Waals surface area (Å²) in [5, 5.41) is 3.33. The molecule has 0 saturated carbocycles. The summed E-state index contributed by atoms with van der Waals surface area (Å²) in [6.45, 7) is 1.44. The van der Waals surface area contributed by atoms with Crippen molar-refractivity contribution < 1.29 is 0 Å². The Kier molecular flexibility index (Phi) is 7.17. The van der Waals surface area contributed by atoms with E-state index in [0.717, 1.165) is 17.4 Å². The minimum absolute atomic E-state index is 0. The van der Waals surface area contributed by atoms with Gasteiger partial charge in [-0.2, -0.15) is 4.98 Å². The summed E-state index contributed by atoms with van der Waals surface area (Å²) in [6.07, 6.45) is 2.51. The average molecular weight is 302 g/mol. The minimum atomic E-state index is 0. The van der Waals surface area contributed by atoms with Crippen molar-refractivity contribution in [2.45, 2.75) is 6.42 Å². The molecule has 0 fully saturated rings. The second-order valence-electron chi connectivity index (χ2n) is 2.40. The van der Waals surface area contributed by atoms with Gasteiger partial charge in [-0.05, 0) is 40.5 Å². The third-order valence-electron chi connectivity index (χ3n) is 1.39. The number of nitrogens with zero attached hydrogens (tertiary/aromatic N) is 2. The highest BCUT2D eigenvalue weighted by Crippen LogP contribution is 2.19. The summed E-state index contributed by atoms with van der Waals surface area (Å²) < 4.78 is 0.800. The highest BCUT2D eigenvalue weighted by molar-refractivity contribution is 9.10. The van der Waals surface area contributed by atoms with E-state index in [0.29, 0.717) is 12.4 Å². The molecule has 3 N–H and O–H groups in total. The summed E-state index contributed by atoms with van der Waals surface area (Å²) in [6, 6.07) is 0. The molecule has 0 saturated heterocycles. The Hall–Kier alpha value is -0.100. The predicted molar refractivity (Wildman–Crippen MR) is 64.2 cm³/mol. The topological polar surface area (TPSA) is 63.8 Å². The highest BCUT2D eigenvalue weighted by Gasteiger charge is 2.01. The van der Waals surface area contributed by atoms with Crippen LogP contribution in [0.4, 0.5) is 5.82 Å². The lowest BCUT2D eigenvalue weighted by atomic mass is 10.4. The van der Waals surface area contributed by atoms with Gasteiger partial charge in [0.15, 0.2) is 0 Å². The van der Waals surface area contributed by atoms with Crippen LogP contribution in [0, 0.1) is 0 Å². The Morgan fingerprint density at radius 2 is 2.29 bits per heavy atom. The van der Waals surface area contributed by atoms with Gasteiger partial charge in [0.25, 0.3) is 0 Å². The Labute approximate surface area is 102 Å². The Balaban J connectivity index is 0.00000169. The van der Waals surface area contributed by atoms with E-state index in [9.17, 15) is 0 Å². The summed E-state index contributed by atoms with van der Waals surface area (Å²) in [4.78, 5) is 7.81. The van der Waals surface area contributed by atoms with Crippen molar-refractivity contribution in [1.29, 1.82) is 0 Å². The number of hydrogen-bond donors (Lipinski definition) is 2. The molecule has 0 aromatic carbocycles. The van der Waals surface area contributed by atoms with Gasteiger partial charge >= 0.3 is 0 Å². The van der Waals surface area contributed by atoms with Gasteiger partial charge in [-0.15, -0.1) is 12.4 Å². The van der Waals surface area contributed by atoms with Crippen LogP contribution in [0.3, 0.4) is 0 Å². The summed E-state index contributed by atoms with van der Waals surface area (Å²) in [5.74, 6) is 0.702. The Morgan fingerprint density at radius 3 is 2.93 bits per heavy atom. The third kappa shape index (κ3) is 4.41. The second-order valence-corrected chi connectivity index (χ2v) is 3.60. The van der Waals surface area contributed by atoms with Gasteiger partial charge in [0.2, 0.25) is 5.28 Å². The van der Waals surface area contributed by atoms with E-state index >= 15 is 0 Å². The van der Waals surface area contributed by atoms with Crippen LogP contribution in [0.5, 0.6) is 0 Å². The van der Waals surface area contributed by atoms with E-state index in [4.69, 9.17) is 17.3 Å². The van der Waals surface area contributed by atoms with Gasteiger partial charge in [-0.1, -0.05) is 0 Å². The van der Waals surface area contributed by atoms with Crippen molar-refractivity contribution >= 4 is 45.8 Å². The fourth-order valence-corrected chi connectivity index (χ4v) is 1.24. The molecule has 7 heteroatoms. The number of hydrogen-bond acceptors (Lipinski definition) is 4. The van der Waals surface area contributed by atoms with Crippen LogP contribution in [0.15, 0.2) is 10.7 Å². The van der Waals surface area contributed by atoms with Crippen LogP contribution >= 0.6 is 39.9 Å². The van der Waals surface area contributed by atoms with Crippen molar-refractivity contribution in [3.05, 3.63) is 16.0 Å². The largest absolute Gasteiger partial charge is 0.369 e. The number of anilines is 1. The normalized spacial score (nSPS) is 9.36. The molecule has 1 heterocycles. The third-order valence-corrected chi connectivity index (χ3v) is 2.15. The Morgan fingerprint density at radius 1 is 1.57 bits per heavy atom. The molecule has 0 amide bonds. The standard InChI is InChI=1S/C7H10BrClN4.ClH/c8-5-4-12-7(9)13-6(5)11-3-1-2-10;/h4H,1-3,10H2,(H,11,12,13);1H. The number of aromatic nitrogens is 2. The van der Waals surface area contributed by atoms with E-state index in [1.54, 1.807) is 6.20 Å². The maximum Gasteiger partial charge on any atom is 0.224 e. The lowest BCUT2D eigenvalue weighted by Gasteiger charge is -2.05. The van der Waals surface area contributed by atoms with Crippen molar-refractivity contribution in [3.8, 4) is 0 Å². The zero-order valence-corrected chi connectivity index (χ0v) is 10.5. The summed E-state index contributed by atoms with van der Waals surface area (Å²) in [7, 11) is 0. The van der Waals surface area contributed by atoms with Crippen LogP contribution in [0.1, 0.15) is 6.42 Å². The average Bonchev–Trinajstić information content (AvgIpc) is 2.11. The molecular weight excluding hydrogens is 291 g/mol. The van der Waals surface area contributed by atoms with Crippen LogP contribution in [-0.2, 0) is 0 Å². The molecule has 14 heavy (non-hydrogen) atoms. The van der Waals surface area contributed by atoms with E-state index in [-0.39, 0.29) is 17.7 Å². The SMILES string of the molecule is Cl.NCCCNc1nc(Cl)ncc1Br. The smallest absolute Gasteiger partial charge is 0.224 e. The molecule has 1 rings (SSSR count). The number of nitrogens with one attached hydrogen (secondary N) is 1. The quantitative estimate of drug-likeness (QED) is 0.660. The number of nitrogens with two attached hydrogens (primary N) is 1. The zero-order valence-electron chi connectivity index (χ0n) is 7.33. The summed E-state index contributed by atoms with van der Waals surface area (Å²) >= 11 is 8.93. The van der Waals surface area contributed by atoms with Gasteiger partial charge in [-0.25, -0.2) is 4.98 Å². The fraction of sp³-hybridized carbons (Fsp3) is 0.429. The van der Waals surface area contributed by atoms with Gasteiger partial charge in [-0.3, -0.25) is 0 Å². The van der Waals surface area contributed by atoms with Crippen molar-refractivity contribution in [3.63, 3.8) is 0 Å². The zero-order chi connectivity index (χ0) is 9.68. The molecule has 4 nitrogen and oxygen atoms in total. The van der Waals surface area contributed by atoms with Crippen molar-refractivity contribution in [2.24, 2.45) is 5.73 Å². The molecule has 0 aliphatic heterocycles. The van der Waals surface area contributed by atoms with E-state index < -0.39 is 0 Å². The molecule has 0 radical (unpaired) electrons. The van der Waals surface area contributed by atoms with Crippen molar-refractivity contribution in [2.75, 3.05) is 18.4 Å². The Bertz CT molecular complexity index is 284. The first-order valence-corrected chi connectivity index (χ1v) is 5.03. The van der Waals surface area contributed by atoms with Gasteiger partial charge in [0.1, 0.15) is 5.82 Å². The first-order chi connectivity index (χ1) is 6.24. The van der Waals surface area contributed by atoms with Gasteiger partial charge < -0.3 is 11.1 Å². The fourth-order valence-electron chi connectivity index (χ4n) is 0.778. The maximum atomic E-state index is 5.62. The first kappa shape index (κ1) is 13.9. The number of halogens is 3.